The summed E-state index contributed by atoms with van der Waals surface area (Å²) in [5.41, 5.74) is 0. The second-order valence-electron chi connectivity index (χ2n) is 4.27. The summed E-state index contributed by atoms with van der Waals surface area (Å²) in [5, 5.41) is 3.41. The molecule has 0 aromatic heterocycles. The average Bonchev–Trinajstić information content (AvgIpc) is 2.70. The van der Waals surface area contributed by atoms with Crippen molar-refractivity contribution in [3.05, 3.63) is 12.7 Å². The van der Waals surface area contributed by atoms with E-state index < -0.39 is 0 Å². The Morgan fingerprint density at radius 2 is 2.29 bits per heavy atom. The minimum absolute atomic E-state index is 0.786. The van der Waals surface area contributed by atoms with E-state index in [9.17, 15) is 0 Å². The van der Waals surface area contributed by atoms with Crippen LogP contribution in [0.2, 0.25) is 0 Å². The number of unbranched alkanes of at least 4 members (excludes halogenated alkanes) is 3. The number of rotatable bonds is 7. The van der Waals surface area contributed by atoms with Gasteiger partial charge in [0.25, 0.3) is 0 Å². The van der Waals surface area contributed by atoms with E-state index in [0.29, 0.717) is 0 Å². The molecular weight excluding hydrogens is 172 g/mol. The number of allylic oxidation sites excluding steroid dienone is 1. The molecule has 1 saturated heterocycles. The predicted molar refractivity (Wildman–Crippen MR) is 62.6 cm³/mol. The van der Waals surface area contributed by atoms with Crippen LogP contribution < -0.4 is 5.32 Å². The van der Waals surface area contributed by atoms with Crippen LogP contribution in [0.25, 0.3) is 0 Å². The van der Waals surface area contributed by atoms with E-state index in [4.69, 9.17) is 0 Å². The Morgan fingerprint density at radius 1 is 1.43 bits per heavy atom. The quantitative estimate of drug-likeness (QED) is 0.495. The number of nitrogens with zero attached hydrogens (tertiary/aromatic N) is 1. The van der Waals surface area contributed by atoms with Crippen LogP contribution >= 0.6 is 0 Å². The standard InChI is InChI=1S/C12H24N2/c1-3-4-5-6-7-10-14(2)12-8-9-13-11-12/h3,12-13H,1,4-11H2,2H3. The van der Waals surface area contributed by atoms with E-state index >= 15 is 0 Å². The first-order valence-corrected chi connectivity index (χ1v) is 5.86. The zero-order valence-corrected chi connectivity index (χ0v) is 9.47. The minimum Gasteiger partial charge on any atom is -0.315 e. The van der Waals surface area contributed by atoms with E-state index in [2.05, 4.69) is 23.8 Å². The van der Waals surface area contributed by atoms with Crippen molar-refractivity contribution in [1.29, 1.82) is 0 Å². The molecule has 0 aliphatic carbocycles. The summed E-state index contributed by atoms with van der Waals surface area (Å²) < 4.78 is 0. The van der Waals surface area contributed by atoms with Gasteiger partial charge in [0.05, 0.1) is 0 Å². The highest BCUT2D eigenvalue weighted by atomic mass is 15.2. The lowest BCUT2D eigenvalue weighted by Gasteiger charge is -2.23. The lowest BCUT2D eigenvalue weighted by molar-refractivity contribution is 0.251. The molecule has 2 nitrogen and oxygen atoms in total. The van der Waals surface area contributed by atoms with Crippen molar-refractivity contribution in [2.24, 2.45) is 0 Å². The van der Waals surface area contributed by atoms with Crippen molar-refractivity contribution in [3.63, 3.8) is 0 Å². The molecule has 14 heavy (non-hydrogen) atoms. The van der Waals surface area contributed by atoms with Gasteiger partial charge < -0.3 is 10.2 Å². The summed E-state index contributed by atoms with van der Waals surface area (Å²) in [6.45, 7) is 7.37. The van der Waals surface area contributed by atoms with Crippen molar-refractivity contribution in [2.45, 2.75) is 38.1 Å². The van der Waals surface area contributed by atoms with E-state index in [1.807, 2.05) is 6.08 Å². The summed E-state index contributed by atoms with van der Waals surface area (Å²) in [4.78, 5) is 2.51. The Morgan fingerprint density at radius 3 is 2.93 bits per heavy atom. The van der Waals surface area contributed by atoms with Gasteiger partial charge in [0.1, 0.15) is 0 Å². The number of hydrogen-bond donors (Lipinski definition) is 1. The Labute approximate surface area is 88.4 Å². The number of nitrogens with one attached hydrogen (secondary N) is 1. The molecule has 0 aromatic carbocycles. The maximum Gasteiger partial charge on any atom is 0.0229 e. The Bertz CT molecular complexity index is 150. The lowest BCUT2D eigenvalue weighted by atomic mass is 10.1. The third kappa shape index (κ3) is 4.25. The van der Waals surface area contributed by atoms with E-state index in [-0.39, 0.29) is 0 Å². The van der Waals surface area contributed by atoms with Crippen molar-refractivity contribution in [3.8, 4) is 0 Å². The van der Waals surface area contributed by atoms with Gasteiger partial charge in [-0.1, -0.05) is 12.5 Å². The summed E-state index contributed by atoms with van der Waals surface area (Å²) in [7, 11) is 2.26. The minimum atomic E-state index is 0.786. The highest BCUT2D eigenvalue weighted by molar-refractivity contribution is 4.78. The van der Waals surface area contributed by atoms with Gasteiger partial charge in [0.15, 0.2) is 0 Å². The third-order valence-corrected chi connectivity index (χ3v) is 3.08. The molecule has 1 fully saturated rings. The maximum absolute atomic E-state index is 3.74. The third-order valence-electron chi connectivity index (χ3n) is 3.08. The van der Waals surface area contributed by atoms with Gasteiger partial charge in [0.2, 0.25) is 0 Å². The molecule has 1 atom stereocenters. The molecule has 1 rings (SSSR count). The first-order valence-electron chi connectivity index (χ1n) is 5.86. The summed E-state index contributed by atoms with van der Waals surface area (Å²) in [6.07, 6.45) is 8.50. The molecule has 2 heteroatoms. The van der Waals surface area contributed by atoms with Gasteiger partial charge in [-0.2, -0.15) is 0 Å². The predicted octanol–water partition coefficient (Wildman–Crippen LogP) is 2.03. The topological polar surface area (TPSA) is 15.3 Å². The SMILES string of the molecule is C=CCCCCCN(C)C1CCNC1. The summed E-state index contributed by atoms with van der Waals surface area (Å²) >= 11 is 0. The van der Waals surface area contributed by atoms with Crippen molar-refractivity contribution in [2.75, 3.05) is 26.7 Å². The zero-order chi connectivity index (χ0) is 10.2. The second-order valence-corrected chi connectivity index (χ2v) is 4.27. The first-order chi connectivity index (χ1) is 6.84. The van der Waals surface area contributed by atoms with Crippen LogP contribution in [0.1, 0.15) is 32.1 Å². The molecule has 0 saturated carbocycles. The average molecular weight is 196 g/mol. The monoisotopic (exact) mass is 196 g/mol. The van der Waals surface area contributed by atoms with Crippen LogP contribution in [0.5, 0.6) is 0 Å². The second kappa shape index (κ2) is 7.02. The van der Waals surface area contributed by atoms with Gasteiger partial charge >= 0.3 is 0 Å². The zero-order valence-electron chi connectivity index (χ0n) is 9.47. The van der Waals surface area contributed by atoms with Crippen LogP contribution in [0, 0.1) is 0 Å². The molecule has 0 amide bonds. The van der Waals surface area contributed by atoms with Gasteiger partial charge in [-0.25, -0.2) is 0 Å². The molecule has 1 unspecified atom stereocenters. The van der Waals surface area contributed by atoms with Crippen LogP contribution in [-0.2, 0) is 0 Å². The molecular formula is C12H24N2. The van der Waals surface area contributed by atoms with Crippen LogP contribution in [0.4, 0.5) is 0 Å². The van der Waals surface area contributed by atoms with E-state index in [1.54, 1.807) is 0 Å². The smallest absolute Gasteiger partial charge is 0.0229 e. The largest absolute Gasteiger partial charge is 0.315 e. The molecule has 1 N–H and O–H groups in total. The molecule has 1 aliphatic rings. The fourth-order valence-corrected chi connectivity index (χ4v) is 2.02. The maximum atomic E-state index is 3.74. The molecule has 0 bridgehead atoms. The normalized spacial score (nSPS) is 21.7. The van der Waals surface area contributed by atoms with Crippen LogP contribution in [-0.4, -0.2) is 37.6 Å². The molecule has 1 aliphatic heterocycles. The summed E-state index contributed by atoms with van der Waals surface area (Å²) in [6, 6.07) is 0.786. The molecule has 0 spiro atoms. The van der Waals surface area contributed by atoms with Gasteiger partial charge in [0, 0.05) is 12.6 Å². The molecule has 0 radical (unpaired) electrons. The lowest BCUT2D eigenvalue weighted by Crippen LogP contribution is -2.34. The van der Waals surface area contributed by atoms with Crippen LogP contribution in [0.3, 0.4) is 0 Å². The fraction of sp³-hybridized carbons (Fsp3) is 0.833. The Kier molecular flexibility index (Phi) is 5.88. The summed E-state index contributed by atoms with van der Waals surface area (Å²) in [5.74, 6) is 0. The fourth-order valence-electron chi connectivity index (χ4n) is 2.02. The van der Waals surface area contributed by atoms with Gasteiger partial charge in [-0.05, 0) is 45.8 Å². The highest BCUT2D eigenvalue weighted by Crippen LogP contribution is 2.08. The molecule has 82 valence electrons. The van der Waals surface area contributed by atoms with Crippen molar-refractivity contribution >= 4 is 0 Å². The van der Waals surface area contributed by atoms with E-state index in [0.717, 1.165) is 6.04 Å². The Balaban J connectivity index is 1.96. The first kappa shape index (κ1) is 11.7. The molecule has 1 heterocycles. The van der Waals surface area contributed by atoms with E-state index in [1.165, 1.54) is 51.7 Å². The van der Waals surface area contributed by atoms with Crippen molar-refractivity contribution < 1.29 is 0 Å². The number of likely N-dealkylation sites (N-methyl/N-ethyl adjacent to an activating group) is 1. The van der Waals surface area contributed by atoms with Gasteiger partial charge in [-0.3, -0.25) is 0 Å². The Hall–Kier alpha value is -0.340. The van der Waals surface area contributed by atoms with Crippen LogP contribution in [0.15, 0.2) is 12.7 Å². The van der Waals surface area contributed by atoms with Gasteiger partial charge in [-0.15, -0.1) is 6.58 Å². The van der Waals surface area contributed by atoms with Crippen molar-refractivity contribution in [1.82, 2.24) is 10.2 Å². The number of hydrogen-bond acceptors (Lipinski definition) is 2. The molecule has 0 aromatic rings. The highest BCUT2D eigenvalue weighted by Gasteiger charge is 2.17.